The van der Waals surface area contributed by atoms with E-state index in [4.69, 9.17) is 21.1 Å². The first-order chi connectivity index (χ1) is 15.0. The zero-order chi connectivity index (χ0) is 21.8. The molecule has 2 aromatic carbocycles. The van der Waals surface area contributed by atoms with Gasteiger partial charge in [-0.25, -0.2) is 4.98 Å². The molecule has 8 heteroatoms. The lowest BCUT2D eigenvalue weighted by atomic mass is 10.2. The molecule has 6 nitrogen and oxygen atoms in total. The van der Waals surface area contributed by atoms with Gasteiger partial charge in [0.1, 0.15) is 28.0 Å². The van der Waals surface area contributed by atoms with Crippen LogP contribution in [0.25, 0.3) is 0 Å². The van der Waals surface area contributed by atoms with Crippen LogP contribution in [0.1, 0.15) is 20.4 Å². The Morgan fingerprint density at radius 1 is 1.10 bits per heavy atom. The molecule has 4 rings (SSSR count). The monoisotopic (exact) mass is 457 g/mol. The predicted octanol–water partition coefficient (Wildman–Crippen LogP) is 4.65. The van der Waals surface area contributed by atoms with E-state index in [-0.39, 0.29) is 5.91 Å². The van der Waals surface area contributed by atoms with Crippen LogP contribution in [-0.4, -0.2) is 49.1 Å². The van der Waals surface area contributed by atoms with E-state index in [2.05, 4.69) is 16.0 Å². The van der Waals surface area contributed by atoms with Crippen LogP contribution in [0.5, 0.6) is 11.5 Å². The van der Waals surface area contributed by atoms with Gasteiger partial charge in [0.05, 0.1) is 12.8 Å². The van der Waals surface area contributed by atoms with E-state index in [0.29, 0.717) is 29.6 Å². The second kappa shape index (κ2) is 9.58. The van der Waals surface area contributed by atoms with Gasteiger partial charge in [-0.3, -0.25) is 4.79 Å². The number of anilines is 1. The summed E-state index contributed by atoms with van der Waals surface area (Å²) in [6.07, 6.45) is 0. The van der Waals surface area contributed by atoms with Gasteiger partial charge in [0, 0.05) is 43.0 Å². The maximum atomic E-state index is 13.1. The Morgan fingerprint density at radius 2 is 1.84 bits per heavy atom. The van der Waals surface area contributed by atoms with E-state index >= 15 is 0 Å². The molecular weight excluding hydrogens is 434 g/mol. The number of carbonyl (C=O) groups excluding carboxylic acids is 1. The highest BCUT2D eigenvalue weighted by atomic mass is 35.5. The molecule has 1 amide bonds. The normalized spacial score (nSPS) is 13.9. The van der Waals surface area contributed by atoms with E-state index in [1.54, 1.807) is 19.2 Å². The van der Waals surface area contributed by atoms with Crippen molar-refractivity contribution in [2.75, 3.05) is 38.2 Å². The third kappa shape index (κ3) is 5.11. The molecule has 0 aliphatic carbocycles. The van der Waals surface area contributed by atoms with Crippen LogP contribution in [0, 0.1) is 6.92 Å². The topological polar surface area (TPSA) is 54.9 Å². The molecule has 1 aromatic heterocycles. The molecule has 0 atom stereocenters. The predicted molar refractivity (Wildman–Crippen MR) is 124 cm³/mol. The van der Waals surface area contributed by atoms with Crippen molar-refractivity contribution in [1.29, 1.82) is 0 Å². The Hall–Kier alpha value is -2.77. The Labute approximate surface area is 191 Å². The number of aryl methyl sites for hydroxylation is 1. The fourth-order valence-electron chi connectivity index (χ4n) is 3.51. The fourth-order valence-corrected chi connectivity index (χ4v) is 4.58. The van der Waals surface area contributed by atoms with Gasteiger partial charge in [0.2, 0.25) is 0 Å². The number of carbonyl (C=O) groups is 1. The summed E-state index contributed by atoms with van der Waals surface area (Å²) in [5.74, 6) is 1.60. The number of benzene rings is 2. The first kappa shape index (κ1) is 21.5. The first-order valence-electron chi connectivity index (χ1n) is 10.1. The molecule has 0 N–H and O–H groups in total. The Kier molecular flexibility index (Phi) is 6.63. The summed E-state index contributed by atoms with van der Waals surface area (Å²) in [4.78, 5) is 22.5. The third-order valence-corrected chi connectivity index (χ3v) is 6.57. The summed E-state index contributed by atoms with van der Waals surface area (Å²) in [5, 5.41) is 1.45. The van der Waals surface area contributed by atoms with Crippen LogP contribution in [-0.2, 0) is 6.61 Å². The van der Waals surface area contributed by atoms with Crippen LogP contribution in [0.2, 0.25) is 5.02 Å². The number of methoxy groups -OCH3 is 1. The summed E-state index contributed by atoms with van der Waals surface area (Å²) >= 11 is 7.30. The molecule has 2 heterocycles. The minimum atomic E-state index is 0.0398. The average molecular weight is 458 g/mol. The highest BCUT2D eigenvalue weighted by molar-refractivity contribution is 7.13. The van der Waals surface area contributed by atoms with Gasteiger partial charge in [0.25, 0.3) is 5.91 Å². The number of nitrogens with zero attached hydrogens (tertiary/aromatic N) is 3. The average Bonchev–Trinajstić information content (AvgIpc) is 3.18. The van der Waals surface area contributed by atoms with Crippen molar-refractivity contribution in [3.05, 3.63) is 69.1 Å². The lowest BCUT2D eigenvalue weighted by Crippen LogP contribution is -2.48. The smallest absolute Gasteiger partial charge is 0.265 e. The van der Waals surface area contributed by atoms with Gasteiger partial charge in [-0.05, 0) is 43.3 Å². The minimum Gasteiger partial charge on any atom is -0.497 e. The molecule has 0 bridgehead atoms. The highest BCUT2D eigenvalue weighted by Crippen LogP contribution is 2.25. The number of hydrogen-bond donors (Lipinski definition) is 0. The largest absolute Gasteiger partial charge is 0.497 e. The number of amides is 1. The molecule has 1 aliphatic heterocycles. The number of aromatic nitrogens is 1. The van der Waals surface area contributed by atoms with Gasteiger partial charge >= 0.3 is 0 Å². The third-order valence-electron chi connectivity index (χ3n) is 5.20. The van der Waals surface area contributed by atoms with Crippen LogP contribution < -0.4 is 14.4 Å². The second-order valence-corrected chi connectivity index (χ2v) is 8.77. The number of rotatable bonds is 6. The lowest BCUT2D eigenvalue weighted by Gasteiger charge is -2.36. The lowest BCUT2D eigenvalue weighted by molar-refractivity contribution is 0.0750. The summed E-state index contributed by atoms with van der Waals surface area (Å²) in [6.45, 7) is 5.10. The summed E-state index contributed by atoms with van der Waals surface area (Å²) in [6, 6.07) is 15.2. The van der Waals surface area contributed by atoms with Crippen molar-refractivity contribution >= 4 is 34.5 Å². The highest BCUT2D eigenvalue weighted by Gasteiger charge is 2.25. The SMILES string of the molecule is COc1cccc(N2CCN(C(=O)c3sc(COc4ccc(Cl)cc4)nc3C)CC2)c1. The maximum absolute atomic E-state index is 13.1. The number of piperazine rings is 1. The van der Waals surface area contributed by atoms with E-state index in [9.17, 15) is 4.79 Å². The molecule has 0 unspecified atom stereocenters. The Balaban J connectivity index is 1.36. The molecule has 162 valence electrons. The number of thiazole rings is 1. The van der Waals surface area contributed by atoms with Crippen molar-refractivity contribution in [3.8, 4) is 11.5 Å². The molecule has 31 heavy (non-hydrogen) atoms. The molecule has 0 saturated carbocycles. The zero-order valence-corrected chi connectivity index (χ0v) is 19.1. The van der Waals surface area contributed by atoms with Crippen LogP contribution in [0.4, 0.5) is 5.69 Å². The molecule has 1 fully saturated rings. The van der Waals surface area contributed by atoms with Crippen molar-refractivity contribution in [2.24, 2.45) is 0 Å². The summed E-state index contributed by atoms with van der Waals surface area (Å²) < 4.78 is 11.1. The van der Waals surface area contributed by atoms with Gasteiger partial charge in [-0.2, -0.15) is 0 Å². The Morgan fingerprint density at radius 3 is 2.55 bits per heavy atom. The van der Waals surface area contributed by atoms with Crippen molar-refractivity contribution in [3.63, 3.8) is 0 Å². The van der Waals surface area contributed by atoms with Gasteiger partial charge < -0.3 is 19.3 Å². The standard InChI is InChI=1S/C23H24ClN3O3S/c1-16-22(31-21(25-16)15-30-19-8-6-17(24)7-9-19)23(28)27-12-10-26(11-13-27)18-4-3-5-20(14-18)29-2/h3-9,14H,10-13,15H2,1-2H3. The Bertz CT molecular complexity index is 1050. The molecule has 1 aliphatic rings. The van der Waals surface area contributed by atoms with E-state index in [0.717, 1.165) is 41.0 Å². The first-order valence-corrected chi connectivity index (χ1v) is 11.3. The molecule has 3 aromatic rings. The molecule has 0 spiro atoms. The van der Waals surface area contributed by atoms with Crippen LogP contribution in [0.3, 0.4) is 0 Å². The second-order valence-electron chi connectivity index (χ2n) is 7.25. The molecular formula is C23H24ClN3O3S. The number of halogens is 1. The van der Waals surface area contributed by atoms with Crippen LogP contribution in [0.15, 0.2) is 48.5 Å². The van der Waals surface area contributed by atoms with Crippen molar-refractivity contribution in [2.45, 2.75) is 13.5 Å². The van der Waals surface area contributed by atoms with Gasteiger partial charge in [-0.1, -0.05) is 17.7 Å². The van der Waals surface area contributed by atoms with E-state index < -0.39 is 0 Å². The molecule has 1 saturated heterocycles. The minimum absolute atomic E-state index is 0.0398. The van der Waals surface area contributed by atoms with E-state index in [1.807, 2.05) is 42.2 Å². The fraction of sp³-hybridized carbons (Fsp3) is 0.304. The molecule has 0 radical (unpaired) electrons. The van der Waals surface area contributed by atoms with Gasteiger partial charge in [-0.15, -0.1) is 11.3 Å². The van der Waals surface area contributed by atoms with Crippen LogP contribution >= 0.6 is 22.9 Å². The number of ether oxygens (including phenoxy) is 2. The van der Waals surface area contributed by atoms with E-state index in [1.165, 1.54) is 11.3 Å². The quantitative estimate of drug-likeness (QED) is 0.539. The zero-order valence-electron chi connectivity index (χ0n) is 17.5. The summed E-state index contributed by atoms with van der Waals surface area (Å²) in [7, 11) is 1.67. The van der Waals surface area contributed by atoms with Crippen molar-refractivity contribution in [1.82, 2.24) is 9.88 Å². The van der Waals surface area contributed by atoms with Gasteiger partial charge in [0.15, 0.2) is 0 Å². The van der Waals surface area contributed by atoms with Crippen molar-refractivity contribution < 1.29 is 14.3 Å². The number of hydrogen-bond acceptors (Lipinski definition) is 6. The summed E-state index contributed by atoms with van der Waals surface area (Å²) in [5.41, 5.74) is 1.86. The maximum Gasteiger partial charge on any atom is 0.265 e.